The van der Waals surface area contributed by atoms with Crippen LogP contribution in [0, 0.1) is 0 Å². The van der Waals surface area contributed by atoms with Gasteiger partial charge in [-0.1, -0.05) is 26.0 Å². The molecule has 1 N–H and O–H groups in total. The molecule has 1 aromatic rings. The summed E-state index contributed by atoms with van der Waals surface area (Å²) in [6.45, 7) is 8.77. The van der Waals surface area contributed by atoms with Gasteiger partial charge >= 0.3 is 0 Å². The van der Waals surface area contributed by atoms with Gasteiger partial charge < -0.3 is 5.11 Å². The Morgan fingerprint density at radius 3 is 2.25 bits per heavy atom. The third-order valence-corrected chi connectivity index (χ3v) is 4.03. The highest BCUT2D eigenvalue weighted by Crippen LogP contribution is 2.32. The van der Waals surface area contributed by atoms with Gasteiger partial charge in [0.1, 0.15) is 0 Å². The van der Waals surface area contributed by atoms with Crippen LogP contribution in [0.2, 0.25) is 0 Å². The summed E-state index contributed by atoms with van der Waals surface area (Å²) in [7, 11) is 0. The fraction of sp³-hybridized carbons (Fsp3) is 0.571. The van der Waals surface area contributed by atoms with E-state index in [1.54, 1.807) is 11.8 Å². The minimum Gasteiger partial charge on any atom is -0.395 e. The van der Waals surface area contributed by atoms with Crippen molar-refractivity contribution >= 4 is 11.8 Å². The maximum Gasteiger partial charge on any atom is 0.0576 e. The molecule has 1 unspecified atom stereocenters. The average Bonchev–Trinajstić information content (AvgIpc) is 2.28. The molecular weight excluding hydrogens is 216 g/mol. The molecule has 16 heavy (non-hydrogen) atoms. The molecule has 0 radical (unpaired) electrons. The molecule has 2 heteroatoms. The highest BCUT2D eigenvalue weighted by Gasteiger charge is 2.17. The van der Waals surface area contributed by atoms with E-state index in [9.17, 15) is 5.11 Å². The molecule has 0 aromatic heterocycles. The number of thioether (sulfide) groups is 1. The predicted octanol–water partition coefficient (Wildman–Crippen LogP) is 4.06. The fourth-order valence-electron chi connectivity index (χ4n) is 1.45. The minimum atomic E-state index is -0.0993. The van der Waals surface area contributed by atoms with Crippen LogP contribution in [-0.2, 0) is 0 Å². The van der Waals surface area contributed by atoms with E-state index in [0.717, 1.165) is 0 Å². The van der Waals surface area contributed by atoms with E-state index in [0.29, 0.717) is 5.92 Å². The van der Waals surface area contributed by atoms with Crippen molar-refractivity contribution in [1.82, 2.24) is 0 Å². The van der Waals surface area contributed by atoms with Crippen molar-refractivity contribution in [2.24, 2.45) is 0 Å². The Labute approximate surface area is 103 Å². The van der Waals surface area contributed by atoms with Gasteiger partial charge in [0, 0.05) is 9.64 Å². The second-order valence-corrected chi connectivity index (χ2v) is 6.68. The van der Waals surface area contributed by atoms with Crippen LogP contribution in [0.5, 0.6) is 0 Å². The van der Waals surface area contributed by atoms with Gasteiger partial charge in [-0.05, 0) is 43.9 Å². The molecule has 0 bridgehead atoms. The second-order valence-electron chi connectivity index (χ2n) is 4.90. The second kappa shape index (κ2) is 5.74. The zero-order valence-corrected chi connectivity index (χ0v) is 11.5. The minimum absolute atomic E-state index is 0.0993. The van der Waals surface area contributed by atoms with E-state index < -0.39 is 0 Å². The van der Waals surface area contributed by atoms with Gasteiger partial charge in [-0.3, -0.25) is 0 Å². The maximum atomic E-state index is 9.22. The largest absolute Gasteiger partial charge is 0.395 e. The summed E-state index contributed by atoms with van der Waals surface area (Å²) < 4.78 is -0.0993. The molecule has 90 valence electrons. The van der Waals surface area contributed by atoms with Crippen molar-refractivity contribution in [2.45, 2.75) is 49.7 Å². The van der Waals surface area contributed by atoms with Crippen molar-refractivity contribution in [3.8, 4) is 0 Å². The Hall–Kier alpha value is -0.470. The van der Waals surface area contributed by atoms with Crippen LogP contribution in [0.15, 0.2) is 29.2 Å². The van der Waals surface area contributed by atoms with E-state index in [4.69, 9.17) is 0 Å². The van der Waals surface area contributed by atoms with E-state index in [1.165, 1.54) is 16.9 Å². The normalized spacial score (nSPS) is 13.8. The molecule has 0 saturated heterocycles. The van der Waals surface area contributed by atoms with E-state index in [-0.39, 0.29) is 11.4 Å². The van der Waals surface area contributed by atoms with Gasteiger partial charge in [0.15, 0.2) is 0 Å². The van der Waals surface area contributed by atoms with Crippen molar-refractivity contribution < 1.29 is 5.11 Å². The summed E-state index contributed by atoms with van der Waals surface area (Å²) in [4.78, 5) is 1.23. The lowest BCUT2D eigenvalue weighted by atomic mass is 9.99. The highest BCUT2D eigenvalue weighted by atomic mass is 32.2. The zero-order chi connectivity index (χ0) is 12.2. The first-order valence-corrected chi connectivity index (χ1v) is 6.70. The first-order valence-electron chi connectivity index (χ1n) is 5.88. The van der Waals surface area contributed by atoms with Gasteiger partial charge in [0.25, 0.3) is 0 Å². The molecule has 1 rings (SSSR count). The molecule has 0 saturated carbocycles. The summed E-state index contributed by atoms with van der Waals surface area (Å²) >= 11 is 1.72. The molecule has 0 aliphatic rings. The standard InChI is InChI=1S/C14H22OS/c1-5-11(2)12-6-8-13(9-7-12)16-14(3,4)10-15/h6-9,11,15H,5,10H2,1-4H3. The van der Waals surface area contributed by atoms with Gasteiger partial charge in [0.05, 0.1) is 6.61 Å². The van der Waals surface area contributed by atoms with Crippen molar-refractivity contribution in [2.75, 3.05) is 6.61 Å². The maximum absolute atomic E-state index is 9.22. The van der Waals surface area contributed by atoms with Crippen LogP contribution in [0.25, 0.3) is 0 Å². The number of aliphatic hydroxyl groups is 1. The summed E-state index contributed by atoms with van der Waals surface area (Å²) in [5, 5.41) is 9.22. The van der Waals surface area contributed by atoms with Crippen LogP contribution in [0.1, 0.15) is 45.6 Å². The first kappa shape index (κ1) is 13.6. The molecule has 1 atom stereocenters. The molecule has 0 heterocycles. The lowest BCUT2D eigenvalue weighted by Crippen LogP contribution is -2.19. The van der Waals surface area contributed by atoms with Crippen molar-refractivity contribution in [3.63, 3.8) is 0 Å². The smallest absolute Gasteiger partial charge is 0.0576 e. The zero-order valence-electron chi connectivity index (χ0n) is 10.7. The monoisotopic (exact) mass is 238 g/mol. The summed E-state index contributed by atoms with van der Waals surface area (Å²) in [6.07, 6.45) is 1.18. The molecule has 0 aliphatic heterocycles. The predicted molar refractivity (Wildman–Crippen MR) is 72.2 cm³/mol. The Balaban J connectivity index is 2.72. The summed E-state index contributed by atoms with van der Waals surface area (Å²) in [6, 6.07) is 8.71. The third-order valence-electron chi connectivity index (χ3n) is 2.84. The fourth-order valence-corrected chi connectivity index (χ4v) is 2.43. The Morgan fingerprint density at radius 1 is 1.25 bits per heavy atom. The van der Waals surface area contributed by atoms with Crippen molar-refractivity contribution in [1.29, 1.82) is 0 Å². The topological polar surface area (TPSA) is 20.2 Å². The third kappa shape index (κ3) is 3.84. The Kier molecular flexibility index (Phi) is 4.88. The highest BCUT2D eigenvalue weighted by molar-refractivity contribution is 8.00. The van der Waals surface area contributed by atoms with Gasteiger partial charge in [0.2, 0.25) is 0 Å². The van der Waals surface area contributed by atoms with E-state index in [2.05, 4.69) is 52.0 Å². The van der Waals surface area contributed by atoms with Gasteiger partial charge in [-0.25, -0.2) is 0 Å². The molecule has 1 nitrogen and oxygen atoms in total. The van der Waals surface area contributed by atoms with Crippen LogP contribution < -0.4 is 0 Å². The Morgan fingerprint density at radius 2 is 1.81 bits per heavy atom. The van der Waals surface area contributed by atoms with Gasteiger partial charge in [-0.15, -0.1) is 11.8 Å². The van der Waals surface area contributed by atoms with Crippen LogP contribution in [0.3, 0.4) is 0 Å². The molecule has 0 fully saturated rings. The SMILES string of the molecule is CCC(C)c1ccc(SC(C)(C)CO)cc1. The first-order chi connectivity index (χ1) is 7.48. The van der Waals surface area contributed by atoms with Crippen LogP contribution in [0.4, 0.5) is 0 Å². The molecule has 0 aliphatic carbocycles. The van der Waals surface area contributed by atoms with Crippen molar-refractivity contribution in [3.05, 3.63) is 29.8 Å². The number of aliphatic hydroxyl groups excluding tert-OH is 1. The molecule has 0 amide bonds. The van der Waals surface area contributed by atoms with E-state index >= 15 is 0 Å². The lowest BCUT2D eigenvalue weighted by molar-refractivity contribution is 0.265. The Bertz CT molecular complexity index is 316. The quantitative estimate of drug-likeness (QED) is 0.781. The molecular formula is C14H22OS. The summed E-state index contributed by atoms with van der Waals surface area (Å²) in [5.41, 5.74) is 1.40. The lowest BCUT2D eigenvalue weighted by Gasteiger charge is -2.21. The van der Waals surface area contributed by atoms with Crippen LogP contribution >= 0.6 is 11.8 Å². The number of hydrogen-bond donors (Lipinski definition) is 1. The number of rotatable bonds is 5. The summed E-state index contributed by atoms with van der Waals surface area (Å²) in [5.74, 6) is 0.630. The number of hydrogen-bond acceptors (Lipinski definition) is 2. The average molecular weight is 238 g/mol. The van der Waals surface area contributed by atoms with Gasteiger partial charge in [-0.2, -0.15) is 0 Å². The van der Waals surface area contributed by atoms with Crippen LogP contribution in [-0.4, -0.2) is 16.5 Å². The van der Waals surface area contributed by atoms with E-state index in [1.807, 2.05) is 0 Å². The number of benzene rings is 1. The molecule has 0 spiro atoms. The molecule has 1 aromatic carbocycles.